The van der Waals surface area contributed by atoms with Crippen LogP contribution in [-0.2, 0) is 9.68 Å². The SMILES string of the molecule is O=C(O)[C@H]1CC/C=C\C(OO)CC1. The van der Waals surface area contributed by atoms with E-state index in [0.717, 1.165) is 6.42 Å². The lowest BCUT2D eigenvalue weighted by atomic mass is 9.93. The Balaban J connectivity index is 2.50. The molecule has 74 valence electrons. The zero-order chi connectivity index (χ0) is 9.68. The second-order valence-corrected chi connectivity index (χ2v) is 3.26. The summed E-state index contributed by atoms with van der Waals surface area (Å²) in [6.45, 7) is 0. The Morgan fingerprint density at radius 3 is 2.77 bits per heavy atom. The number of carboxylic acid groups (broad SMARTS) is 1. The van der Waals surface area contributed by atoms with Gasteiger partial charge in [-0.3, -0.25) is 10.1 Å². The smallest absolute Gasteiger partial charge is 0.306 e. The first-order valence-electron chi connectivity index (χ1n) is 4.43. The van der Waals surface area contributed by atoms with E-state index >= 15 is 0 Å². The minimum absolute atomic E-state index is 0.303. The van der Waals surface area contributed by atoms with Gasteiger partial charge in [0.15, 0.2) is 0 Å². The van der Waals surface area contributed by atoms with Crippen LogP contribution in [0.5, 0.6) is 0 Å². The molecule has 0 bridgehead atoms. The highest BCUT2D eigenvalue weighted by atomic mass is 17.1. The molecule has 1 rings (SSSR count). The van der Waals surface area contributed by atoms with Crippen LogP contribution < -0.4 is 0 Å². The van der Waals surface area contributed by atoms with Gasteiger partial charge >= 0.3 is 5.97 Å². The fraction of sp³-hybridized carbons (Fsp3) is 0.667. The van der Waals surface area contributed by atoms with Crippen LogP contribution >= 0.6 is 0 Å². The molecule has 0 fully saturated rings. The molecule has 1 aliphatic carbocycles. The standard InChI is InChI=1S/C9H14O4/c10-9(11)7-3-1-2-4-8(13-12)6-5-7/h2,4,7-8,12H,1,3,5-6H2,(H,10,11)/b4-2-/t7-,8?/m0/s1. The van der Waals surface area contributed by atoms with Crippen molar-refractivity contribution in [3.05, 3.63) is 12.2 Å². The molecule has 0 aromatic rings. The molecule has 0 aromatic carbocycles. The average molecular weight is 186 g/mol. The van der Waals surface area contributed by atoms with E-state index in [2.05, 4.69) is 4.89 Å². The lowest BCUT2D eigenvalue weighted by Crippen LogP contribution is -2.18. The van der Waals surface area contributed by atoms with Crippen LogP contribution in [0.15, 0.2) is 12.2 Å². The van der Waals surface area contributed by atoms with Crippen LogP contribution in [0, 0.1) is 5.92 Å². The second kappa shape index (κ2) is 4.99. The van der Waals surface area contributed by atoms with Crippen LogP contribution in [0.1, 0.15) is 25.7 Å². The molecule has 4 nitrogen and oxygen atoms in total. The van der Waals surface area contributed by atoms with Crippen molar-refractivity contribution in [3.8, 4) is 0 Å². The maximum atomic E-state index is 10.7. The van der Waals surface area contributed by atoms with Gasteiger partial charge in [-0.25, -0.2) is 4.89 Å². The summed E-state index contributed by atoms with van der Waals surface area (Å²) < 4.78 is 0. The van der Waals surface area contributed by atoms with Crippen LogP contribution in [0.4, 0.5) is 0 Å². The Hall–Kier alpha value is -0.870. The largest absolute Gasteiger partial charge is 0.481 e. The van der Waals surface area contributed by atoms with E-state index in [1.165, 1.54) is 0 Å². The molecular formula is C9H14O4. The zero-order valence-electron chi connectivity index (χ0n) is 7.35. The van der Waals surface area contributed by atoms with E-state index in [4.69, 9.17) is 10.4 Å². The molecule has 0 aromatic heterocycles. The van der Waals surface area contributed by atoms with Crippen molar-refractivity contribution < 1.29 is 20.0 Å². The molecule has 2 N–H and O–H groups in total. The van der Waals surface area contributed by atoms with Crippen molar-refractivity contribution in [2.75, 3.05) is 0 Å². The predicted octanol–water partition coefficient (Wildman–Crippen LogP) is 1.68. The molecule has 0 amide bonds. The Labute approximate surface area is 76.8 Å². The lowest BCUT2D eigenvalue weighted by molar-refractivity contribution is -0.267. The Morgan fingerprint density at radius 1 is 1.38 bits per heavy atom. The summed E-state index contributed by atoms with van der Waals surface area (Å²) in [7, 11) is 0. The Kier molecular flexibility index (Phi) is 3.92. The molecule has 4 heteroatoms. The van der Waals surface area contributed by atoms with Crippen LogP contribution in [-0.4, -0.2) is 22.4 Å². The van der Waals surface area contributed by atoms with Crippen molar-refractivity contribution >= 4 is 5.97 Å². The van der Waals surface area contributed by atoms with Gasteiger partial charge in [-0.05, 0) is 25.7 Å². The first-order chi connectivity index (χ1) is 6.24. The van der Waals surface area contributed by atoms with E-state index in [1.807, 2.05) is 6.08 Å². The summed E-state index contributed by atoms with van der Waals surface area (Å²) in [4.78, 5) is 14.9. The molecule has 0 saturated carbocycles. The van der Waals surface area contributed by atoms with Gasteiger partial charge in [0.05, 0.1) is 5.92 Å². The van der Waals surface area contributed by atoms with E-state index in [1.54, 1.807) is 6.08 Å². The minimum atomic E-state index is -0.757. The number of carbonyl (C=O) groups is 1. The average Bonchev–Trinajstić information content (AvgIpc) is 2.03. The quantitative estimate of drug-likeness (QED) is 0.391. The molecule has 1 unspecified atom stereocenters. The normalized spacial score (nSPS) is 31.8. The number of carboxylic acids is 1. The summed E-state index contributed by atoms with van der Waals surface area (Å²) in [5.74, 6) is -1.06. The van der Waals surface area contributed by atoms with E-state index in [0.29, 0.717) is 19.3 Å². The maximum Gasteiger partial charge on any atom is 0.306 e. The zero-order valence-corrected chi connectivity index (χ0v) is 7.35. The van der Waals surface area contributed by atoms with Gasteiger partial charge in [0.25, 0.3) is 0 Å². The highest BCUT2D eigenvalue weighted by molar-refractivity contribution is 5.69. The maximum absolute atomic E-state index is 10.7. The first-order valence-corrected chi connectivity index (χ1v) is 4.43. The number of hydrogen-bond acceptors (Lipinski definition) is 3. The number of rotatable bonds is 2. The van der Waals surface area contributed by atoms with Crippen molar-refractivity contribution in [1.29, 1.82) is 0 Å². The van der Waals surface area contributed by atoms with Crippen molar-refractivity contribution in [1.82, 2.24) is 0 Å². The van der Waals surface area contributed by atoms with Crippen LogP contribution in [0.25, 0.3) is 0 Å². The van der Waals surface area contributed by atoms with Crippen molar-refractivity contribution in [2.45, 2.75) is 31.8 Å². The topological polar surface area (TPSA) is 66.8 Å². The highest BCUT2D eigenvalue weighted by Gasteiger charge is 2.20. The first kappa shape index (κ1) is 10.2. The molecule has 13 heavy (non-hydrogen) atoms. The fourth-order valence-electron chi connectivity index (χ4n) is 1.49. The number of aliphatic carboxylic acids is 1. The summed E-state index contributed by atoms with van der Waals surface area (Å²) in [5, 5.41) is 17.2. The number of hydrogen-bond donors (Lipinski definition) is 2. The number of allylic oxidation sites excluding steroid dienone is 1. The Bertz CT molecular complexity index is 200. The van der Waals surface area contributed by atoms with E-state index in [9.17, 15) is 4.79 Å². The van der Waals surface area contributed by atoms with Crippen LogP contribution in [0.3, 0.4) is 0 Å². The third-order valence-corrected chi connectivity index (χ3v) is 2.32. The molecule has 2 atom stereocenters. The third-order valence-electron chi connectivity index (χ3n) is 2.32. The van der Waals surface area contributed by atoms with Gasteiger partial charge in [0.1, 0.15) is 6.10 Å². The van der Waals surface area contributed by atoms with Gasteiger partial charge in [0, 0.05) is 0 Å². The van der Waals surface area contributed by atoms with Gasteiger partial charge in [0.2, 0.25) is 0 Å². The molecular weight excluding hydrogens is 172 g/mol. The summed E-state index contributed by atoms with van der Waals surface area (Å²) in [6, 6.07) is 0. The van der Waals surface area contributed by atoms with E-state index in [-0.39, 0.29) is 12.0 Å². The van der Waals surface area contributed by atoms with Gasteiger partial charge in [-0.1, -0.05) is 12.2 Å². The van der Waals surface area contributed by atoms with Crippen molar-refractivity contribution in [2.24, 2.45) is 5.92 Å². The third kappa shape index (κ3) is 3.16. The molecule has 0 aliphatic heterocycles. The predicted molar refractivity (Wildman–Crippen MR) is 46.2 cm³/mol. The molecule has 1 aliphatic rings. The lowest BCUT2D eigenvalue weighted by Gasteiger charge is -2.16. The van der Waals surface area contributed by atoms with Crippen molar-refractivity contribution in [3.63, 3.8) is 0 Å². The Morgan fingerprint density at radius 2 is 2.15 bits per heavy atom. The molecule has 0 radical (unpaired) electrons. The highest BCUT2D eigenvalue weighted by Crippen LogP contribution is 2.20. The van der Waals surface area contributed by atoms with Gasteiger partial charge in [-0.2, -0.15) is 0 Å². The van der Waals surface area contributed by atoms with Gasteiger partial charge < -0.3 is 5.11 Å². The monoisotopic (exact) mass is 186 g/mol. The van der Waals surface area contributed by atoms with Gasteiger partial charge in [-0.15, -0.1) is 0 Å². The summed E-state index contributed by atoms with van der Waals surface area (Å²) in [6.07, 6.45) is 5.81. The van der Waals surface area contributed by atoms with E-state index < -0.39 is 5.97 Å². The summed E-state index contributed by atoms with van der Waals surface area (Å²) >= 11 is 0. The molecule has 0 heterocycles. The van der Waals surface area contributed by atoms with Crippen LogP contribution in [0.2, 0.25) is 0 Å². The second-order valence-electron chi connectivity index (χ2n) is 3.26. The summed E-state index contributed by atoms with van der Waals surface area (Å²) in [5.41, 5.74) is 0. The molecule has 0 spiro atoms. The fourth-order valence-corrected chi connectivity index (χ4v) is 1.49. The molecule has 0 saturated heterocycles. The minimum Gasteiger partial charge on any atom is -0.481 e.